The second kappa shape index (κ2) is 1.83. The minimum atomic E-state index is 1.40. The van der Waals surface area contributed by atoms with E-state index < -0.39 is 0 Å². The number of rotatable bonds is 0. The summed E-state index contributed by atoms with van der Waals surface area (Å²) in [5.41, 5.74) is 0. The van der Waals surface area contributed by atoms with E-state index in [9.17, 15) is 0 Å². The highest BCUT2D eigenvalue weighted by atomic mass is 15.9. The Balaban J connectivity index is 0.0000000807. The predicted molar refractivity (Wildman–Crippen MR) is 28.4 cm³/mol. The van der Waals surface area contributed by atoms with Crippen LogP contribution in [0.1, 0.15) is 0 Å². The lowest BCUT2D eigenvalue weighted by molar-refractivity contribution is 0.758. The topological polar surface area (TPSA) is 92.0 Å². The third kappa shape index (κ3) is 0.811. The molecule has 0 aliphatic carbocycles. The maximum Gasteiger partial charge on any atom is 0.163 e. The number of fused-ring (bicyclic) bond motifs is 1. The zero-order valence-electron chi connectivity index (χ0n) is 4.84. The van der Waals surface area contributed by atoms with Gasteiger partial charge in [0, 0.05) is 0 Å². The number of nitrogens with one attached hydrogen (secondary N) is 2. The molecule has 2 N–H and O–H groups in total. The summed E-state index contributed by atoms with van der Waals surface area (Å²) in [6.45, 7) is 0. The standard InChI is InChI=1S/2CH2N4/c1-2-5-3-4(1)5;1-2-4-5-3-1/h1,3H;1H,(H,2,3,4,5). The van der Waals surface area contributed by atoms with E-state index in [2.05, 4.69) is 30.9 Å². The van der Waals surface area contributed by atoms with Gasteiger partial charge in [-0.05, 0) is 10.4 Å². The van der Waals surface area contributed by atoms with Gasteiger partial charge in [0.2, 0.25) is 0 Å². The summed E-state index contributed by atoms with van der Waals surface area (Å²) in [4.78, 5) is 0. The Morgan fingerprint density at radius 2 is 2.30 bits per heavy atom. The second-order valence-electron chi connectivity index (χ2n) is 1.53. The molecule has 0 unspecified atom stereocenters. The van der Waals surface area contributed by atoms with Gasteiger partial charge < -0.3 is 0 Å². The Morgan fingerprint density at radius 1 is 1.40 bits per heavy atom. The van der Waals surface area contributed by atoms with Crippen molar-refractivity contribution in [2.45, 2.75) is 0 Å². The van der Waals surface area contributed by atoms with E-state index in [1.165, 1.54) is 6.33 Å². The minimum absolute atomic E-state index is 1.40. The molecular formula is C2H4N8. The number of H-pyrrole nitrogens is 2. The second-order valence-corrected chi connectivity index (χ2v) is 1.53. The molecule has 8 heteroatoms. The fourth-order valence-electron chi connectivity index (χ4n) is 0.407. The summed E-state index contributed by atoms with van der Waals surface area (Å²) in [6, 6.07) is 0. The summed E-state index contributed by atoms with van der Waals surface area (Å²) in [5, 5.41) is 18.5. The maximum absolute atomic E-state index is 3.67. The number of hydrogen-bond donors (Lipinski definition) is 2. The first-order valence-electron chi connectivity index (χ1n) is 2.53. The van der Waals surface area contributed by atoms with Crippen LogP contribution in [0.3, 0.4) is 0 Å². The van der Waals surface area contributed by atoms with Gasteiger partial charge in [0.25, 0.3) is 0 Å². The fraction of sp³-hybridized carbons (Fsp3) is 0. The average molecular weight is 140 g/mol. The van der Waals surface area contributed by atoms with E-state index in [1.807, 2.05) is 0 Å². The Hall–Kier alpha value is -1.86. The van der Waals surface area contributed by atoms with Crippen LogP contribution in [-0.4, -0.2) is 40.3 Å². The van der Waals surface area contributed by atoms with Crippen molar-refractivity contribution < 1.29 is 0 Å². The van der Waals surface area contributed by atoms with Crippen molar-refractivity contribution in [1.29, 1.82) is 0 Å². The smallest absolute Gasteiger partial charge is 0.163 e. The molecule has 0 aliphatic heterocycles. The summed E-state index contributed by atoms with van der Waals surface area (Å²) in [5.74, 6) is 0. The van der Waals surface area contributed by atoms with Crippen LogP contribution in [0.4, 0.5) is 0 Å². The van der Waals surface area contributed by atoms with Crippen LogP contribution in [-0.2, 0) is 0 Å². The normalized spacial score (nSPS) is 10.0. The highest BCUT2D eigenvalue weighted by Crippen LogP contribution is 1.78. The Bertz CT molecular complexity index is 282. The van der Waals surface area contributed by atoms with Crippen LogP contribution in [0.5, 0.6) is 0 Å². The van der Waals surface area contributed by atoms with Crippen molar-refractivity contribution in [2.24, 2.45) is 0 Å². The number of aromatic amines is 2. The van der Waals surface area contributed by atoms with Crippen molar-refractivity contribution in [2.75, 3.05) is 0 Å². The Labute approximate surface area is 54.1 Å². The molecule has 3 heterocycles. The summed E-state index contributed by atoms with van der Waals surface area (Å²) in [6.07, 6.45) is 3.10. The molecule has 0 atom stereocenters. The van der Waals surface area contributed by atoms with Gasteiger partial charge >= 0.3 is 0 Å². The molecule has 0 amide bonds. The van der Waals surface area contributed by atoms with Gasteiger partial charge in [-0.2, -0.15) is 5.21 Å². The van der Waals surface area contributed by atoms with Gasteiger partial charge in [-0.25, -0.2) is 5.10 Å². The van der Waals surface area contributed by atoms with Crippen molar-refractivity contribution in [1.82, 2.24) is 40.3 Å². The molecule has 52 valence electrons. The minimum Gasteiger partial charge on any atom is -0.246 e. The summed E-state index contributed by atoms with van der Waals surface area (Å²) in [7, 11) is 0. The van der Waals surface area contributed by atoms with Crippen molar-refractivity contribution in [3.05, 3.63) is 12.7 Å². The molecule has 0 radical (unpaired) electrons. The van der Waals surface area contributed by atoms with Gasteiger partial charge in [-0.3, -0.25) is 0 Å². The highest BCUT2D eigenvalue weighted by Gasteiger charge is 1.95. The van der Waals surface area contributed by atoms with Crippen molar-refractivity contribution in [3.63, 3.8) is 0 Å². The monoisotopic (exact) mass is 140 g/mol. The fourth-order valence-corrected chi connectivity index (χ4v) is 0.407. The van der Waals surface area contributed by atoms with Crippen LogP contribution in [0.15, 0.2) is 12.7 Å². The van der Waals surface area contributed by atoms with Gasteiger partial charge in [0.05, 0.1) is 0 Å². The van der Waals surface area contributed by atoms with E-state index in [-0.39, 0.29) is 0 Å². The van der Waals surface area contributed by atoms with Crippen molar-refractivity contribution >= 4 is 0 Å². The molecule has 0 spiro atoms. The molecule has 0 aliphatic rings. The van der Waals surface area contributed by atoms with Gasteiger partial charge in [0.1, 0.15) is 6.33 Å². The van der Waals surface area contributed by atoms with E-state index >= 15 is 0 Å². The van der Waals surface area contributed by atoms with E-state index in [0.29, 0.717) is 0 Å². The largest absolute Gasteiger partial charge is 0.246 e. The first-order valence-corrected chi connectivity index (χ1v) is 2.53. The highest BCUT2D eigenvalue weighted by molar-refractivity contribution is 4.49. The zero-order chi connectivity index (χ0) is 6.81. The summed E-state index contributed by atoms with van der Waals surface area (Å²) < 4.78 is 3.39. The molecule has 0 saturated heterocycles. The van der Waals surface area contributed by atoms with E-state index in [0.717, 1.165) is 0 Å². The predicted octanol–water partition coefficient (Wildman–Crippen LogP) is -1.60. The lowest BCUT2D eigenvalue weighted by Crippen LogP contribution is -1.86. The molecule has 0 fully saturated rings. The average Bonchev–Trinajstić information content (AvgIpc) is 2.43. The molecule has 3 rings (SSSR count). The zero-order valence-corrected chi connectivity index (χ0v) is 4.84. The lowest BCUT2D eigenvalue weighted by Gasteiger charge is -1.68. The SMILES string of the molecule is c1nn2[nH]n12.c1nnn[nH]1. The molecule has 8 nitrogen and oxygen atoms in total. The number of aromatic nitrogens is 8. The van der Waals surface area contributed by atoms with Crippen LogP contribution in [0.2, 0.25) is 0 Å². The number of tetrazole rings is 2. The van der Waals surface area contributed by atoms with Crippen LogP contribution >= 0.6 is 0 Å². The first kappa shape index (κ1) is 4.97. The molecular weight excluding hydrogens is 136 g/mol. The number of hydrogen-bond acceptors (Lipinski definition) is 4. The van der Waals surface area contributed by atoms with Crippen LogP contribution < -0.4 is 0 Å². The van der Waals surface area contributed by atoms with Crippen molar-refractivity contribution in [3.8, 4) is 0 Å². The molecule has 3 aromatic heterocycles. The van der Waals surface area contributed by atoms with E-state index in [1.54, 1.807) is 15.7 Å². The molecule has 0 aromatic carbocycles. The Morgan fingerprint density at radius 3 is 2.40 bits per heavy atom. The van der Waals surface area contributed by atoms with E-state index in [4.69, 9.17) is 0 Å². The Kier molecular flexibility index (Phi) is 0.907. The van der Waals surface area contributed by atoms with Gasteiger partial charge in [0.15, 0.2) is 6.33 Å². The quantitative estimate of drug-likeness (QED) is 0.393. The number of nitrogens with zero attached hydrogens (tertiary/aromatic N) is 6. The van der Waals surface area contributed by atoms with Crippen LogP contribution in [0.25, 0.3) is 0 Å². The molecule has 0 bridgehead atoms. The molecule has 0 saturated carbocycles. The van der Waals surface area contributed by atoms with Gasteiger partial charge in [-0.15, -0.1) is 14.8 Å². The third-order valence-corrected chi connectivity index (χ3v) is 0.897. The van der Waals surface area contributed by atoms with Crippen LogP contribution in [0, 0.1) is 0 Å². The lowest BCUT2D eigenvalue weighted by atomic mass is 11.4. The molecule has 3 aromatic rings. The van der Waals surface area contributed by atoms with Gasteiger partial charge in [-0.1, -0.05) is 4.74 Å². The molecule has 10 heavy (non-hydrogen) atoms. The maximum atomic E-state index is 3.67. The summed E-state index contributed by atoms with van der Waals surface area (Å²) >= 11 is 0. The first-order chi connectivity index (χ1) is 4.97. The third-order valence-electron chi connectivity index (χ3n) is 0.897.